The molecule has 0 fully saturated rings. The molecule has 0 radical (unpaired) electrons. The van der Waals surface area contributed by atoms with Crippen molar-refractivity contribution in [3.63, 3.8) is 0 Å². The Balaban J connectivity index is 1.55. The van der Waals surface area contributed by atoms with Crippen LogP contribution in [-0.2, 0) is 15.7 Å². The van der Waals surface area contributed by atoms with Crippen LogP contribution in [0.3, 0.4) is 0 Å². The number of hydrogen-bond donors (Lipinski definition) is 0. The molecule has 1 heterocycles. The Kier molecular flexibility index (Phi) is 5.84. The van der Waals surface area contributed by atoms with Gasteiger partial charge in [-0.25, -0.2) is 14.2 Å². The van der Waals surface area contributed by atoms with Crippen LogP contribution in [0.5, 0.6) is 11.5 Å². The summed E-state index contributed by atoms with van der Waals surface area (Å²) < 4.78 is 62.8. The van der Waals surface area contributed by atoms with Crippen molar-refractivity contribution in [2.45, 2.75) is 6.18 Å². The van der Waals surface area contributed by atoms with Crippen molar-refractivity contribution >= 4 is 23.6 Å². The van der Waals surface area contributed by atoms with Gasteiger partial charge < -0.3 is 9.47 Å². The molecule has 0 N–H and O–H groups in total. The Labute approximate surface area is 188 Å². The molecule has 4 rings (SSSR count). The van der Waals surface area contributed by atoms with E-state index in [1.807, 2.05) is 0 Å². The summed E-state index contributed by atoms with van der Waals surface area (Å²) in [5.74, 6) is -1.82. The fraction of sp³-hybridized carbons (Fsp3) is 0.0435. The van der Waals surface area contributed by atoms with Crippen molar-refractivity contribution < 1.29 is 36.8 Å². The second-order valence-corrected chi connectivity index (χ2v) is 6.92. The standard InChI is InChI=1S/C23H12F4N2O5/c24-17-4-2-1-3-16(17)21-28-18(22(30)34-21)11-13-5-8-15(9-6-13)33-20-10-7-14(23(25,26)27)12-19(20)29(31)32/h1-12H/b18-11-. The molecule has 0 unspecified atom stereocenters. The molecule has 0 aromatic heterocycles. The molecule has 11 heteroatoms. The van der Waals surface area contributed by atoms with Crippen LogP contribution in [0.1, 0.15) is 16.7 Å². The highest BCUT2D eigenvalue weighted by atomic mass is 19.4. The zero-order chi connectivity index (χ0) is 24.5. The summed E-state index contributed by atoms with van der Waals surface area (Å²) in [6.45, 7) is 0. The van der Waals surface area contributed by atoms with Gasteiger partial charge in [0.25, 0.3) is 0 Å². The fourth-order valence-electron chi connectivity index (χ4n) is 3.00. The van der Waals surface area contributed by atoms with E-state index in [9.17, 15) is 32.5 Å². The number of hydrogen-bond acceptors (Lipinski definition) is 6. The number of carbonyl (C=O) groups excluding carboxylic acids is 1. The Morgan fingerprint density at radius 2 is 1.74 bits per heavy atom. The number of nitro groups is 1. The summed E-state index contributed by atoms with van der Waals surface area (Å²) in [5, 5.41) is 11.2. The zero-order valence-electron chi connectivity index (χ0n) is 16.9. The van der Waals surface area contributed by atoms with E-state index in [4.69, 9.17) is 9.47 Å². The van der Waals surface area contributed by atoms with Gasteiger partial charge in [0.15, 0.2) is 5.70 Å². The summed E-state index contributed by atoms with van der Waals surface area (Å²) >= 11 is 0. The van der Waals surface area contributed by atoms with E-state index < -0.39 is 34.1 Å². The number of cyclic esters (lactones) is 1. The molecule has 0 saturated carbocycles. The van der Waals surface area contributed by atoms with Crippen LogP contribution in [-0.4, -0.2) is 16.8 Å². The number of nitrogens with zero attached hydrogens (tertiary/aromatic N) is 2. The smallest absolute Gasteiger partial charge is 0.416 e. The Bertz CT molecular complexity index is 1350. The van der Waals surface area contributed by atoms with E-state index in [1.54, 1.807) is 6.07 Å². The molecule has 34 heavy (non-hydrogen) atoms. The van der Waals surface area contributed by atoms with E-state index in [0.717, 1.165) is 6.07 Å². The summed E-state index contributed by atoms with van der Waals surface area (Å²) in [4.78, 5) is 26.3. The fourth-order valence-corrected chi connectivity index (χ4v) is 3.00. The van der Waals surface area contributed by atoms with Crippen LogP contribution >= 0.6 is 0 Å². The minimum atomic E-state index is -4.74. The SMILES string of the molecule is O=C1OC(c2ccccc2F)=N/C1=C\c1ccc(Oc2ccc(C(F)(F)F)cc2[N+](=O)[O-])cc1. The van der Waals surface area contributed by atoms with Gasteiger partial charge in [0.05, 0.1) is 16.1 Å². The lowest BCUT2D eigenvalue weighted by atomic mass is 10.1. The van der Waals surface area contributed by atoms with Crippen LogP contribution in [0.15, 0.2) is 77.4 Å². The molecule has 0 spiro atoms. The molecule has 0 atom stereocenters. The molecule has 0 amide bonds. The normalized spacial score (nSPS) is 14.6. The Hall–Kier alpha value is -4.54. The van der Waals surface area contributed by atoms with E-state index >= 15 is 0 Å². The Morgan fingerprint density at radius 3 is 2.38 bits per heavy atom. The van der Waals surface area contributed by atoms with Crippen LogP contribution < -0.4 is 4.74 Å². The number of ether oxygens (including phenoxy) is 2. The monoisotopic (exact) mass is 472 g/mol. The highest BCUT2D eigenvalue weighted by Gasteiger charge is 2.33. The van der Waals surface area contributed by atoms with E-state index in [2.05, 4.69) is 4.99 Å². The van der Waals surface area contributed by atoms with Gasteiger partial charge in [0.2, 0.25) is 11.6 Å². The minimum Gasteiger partial charge on any atom is -0.450 e. The summed E-state index contributed by atoms with van der Waals surface area (Å²) in [6, 6.07) is 13.4. The van der Waals surface area contributed by atoms with Crippen molar-refractivity contribution in [3.8, 4) is 11.5 Å². The maximum Gasteiger partial charge on any atom is 0.416 e. The first-order valence-corrected chi connectivity index (χ1v) is 9.53. The van der Waals surface area contributed by atoms with Gasteiger partial charge >= 0.3 is 17.8 Å². The number of alkyl halides is 3. The minimum absolute atomic E-state index is 0.0288. The van der Waals surface area contributed by atoms with Crippen LogP contribution in [0.25, 0.3) is 6.08 Å². The molecule has 1 aliphatic rings. The second-order valence-electron chi connectivity index (χ2n) is 6.92. The molecule has 172 valence electrons. The second kappa shape index (κ2) is 8.77. The number of carbonyl (C=O) groups is 1. The van der Waals surface area contributed by atoms with Crippen LogP contribution in [0.2, 0.25) is 0 Å². The maximum absolute atomic E-state index is 13.9. The molecule has 3 aromatic rings. The first-order chi connectivity index (χ1) is 16.1. The third-order valence-electron chi connectivity index (χ3n) is 4.62. The van der Waals surface area contributed by atoms with Crippen molar-refractivity contribution in [1.82, 2.24) is 0 Å². The number of nitro benzene ring substituents is 1. The quantitative estimate of drug-likeness (QED) is 0.152. The van der Waals surface area contributed by atoms with E-state index in [0.29, 0.717) is 17.7 Å². The lowest BCUT2D eigenvalue weighted by Gasteiger charge is -2.10. The predicted molar refractivity (Wildman–Crippen MR) is 112 cm³/mol. The number of benzene rings is 3. The van der Waals surface area contributed by atoms with Gasteiger partial charge in [-0.1, -0.05) is 24.3 Å². The third-order valence-corrected chi connectivity index (χ3v) is 4.62. The molecule has 0 saturated heterocycles. The van der Waals surface area contributed by atoms with Gasteiger partial charge in [-0.3, -0.25) is 10.1 Å². The average Bonchev–Trinajstić information content (AvgIpc) is 3.14. The molecule has 3 aromatic carbocycles. The topological polar surface area (TPSA) is 91.0 Å². The largest absolute Gasteiger partial charge is 0.450 e. The summed E-state index contributed by atoms with van der Waals surface area (Å²) in [6.07, 6.45) is -3.37. The van der Waals surface area contributed by atoms with E-state index in [1.165, 1.54) is 48.5 Å². The lowest BCUT2D eigenvalue weighted by Crippen LogP contribution is -2.07. The molecule has 0 aliphatic carbocycles. The van der Waals surface area contributed by atoms with Gasteiger partial charge in [-0.05, 0) is 48.0 Å². The number of esters is 1. The highest BCUT2D eigenvalue weighted by Crippen LogP contribution is 2.38. The van der Waals surface area contributed by atoms with Gasteiger partial charge in [0.1, 0.15) is 11.6 Å². The van der Waals surface area contributed by atoms with E-state index in [-0.39, 0.29) is 28.7 Å². The lowest BCUT2D eigenvalue weighted by molar-refractivity contribution is -0.385. The van der Waals surface area contributed by atoms with Crippen LogP contribution in [0, 0.1) is 15.9 Å². The van der Waals surface area contributed by atoms with Crippen molar-refractivity contribution in [2.75, 3.05) is 0 Å². The zero-order valence-corrected chi connectivity index (χ0v) is 16.9. The van der Waals surface area contributed by atoms with Gasteiger partial charge in [0, 0.05) is 6.07 Å². The highest BCUT2D eigenvalue weighted by molar-refractivity contribution is 6.12. The average molecular weight is 472 g/mol. The van der Waals surface area contributed by atoms with Gasteiger partial charge in [-0.2, -0.15) is 13.2 Å². The molecular weight excluding hydrogens is 460 g/mol. The van der Waals surface area contributed by atoms with Crippen molar-refractivity contribution in [1.29, 1.82) is 0 Å². The third kappa shape index (κ3) is 4.77. The summed E-state index contributed by atoms with van der Waals surface area (Å²) in [5.41, 5.74) is -1.59. The maximum atomic E-state index is 13.9. The van der Waals surface area contributed by atoms with Crippen molar-refractivity contribution in [2.24, 2.45) is 4.99 Å². The van der Waals surface area contributed by atoms with Crippen molar-refractivity contribution in [3.05, 3.63) is 105 Å². The number of rotatable bonds is 5. The number of aliphatic imine (C=N–C) groups is 1. The first-order valence-electron chi connectivity index (χ1n) is 9.53. The number of halogens is 4. The summed E-state index contributed by atoms with van der Waals surface area (Å²) in [7, 11) is 0. The first kappa shape index (κ1) is 22.6. The molecule has 1 aliphatic heterocycles. The molecular formula is C23H12F4N2O5. The molecule has 0 bridgehead atoms. The van der Waals surface area contributed by atoms with Crippen LogP contribution in [0.4, 0.5) is 23.2 Å². The van der Waals surface area contributed by atoms with Gasteiger partial charge in [-0.15, -0.1) is 0 Å². The Morgan fingerprint density at radius 1 is 1.03 bits per heavy atom. The molecule has 7 nitrogen and oxygen atoms in total. The predicted octanol–water partition coefficient (Wildman–Crippen LogP) is 5.89.